The van der Waals surface area contributed by atoms with Crippen molar-refractivity contribution in [1.29, 1.82) is 0 Å². The molecule has 0 bridgehead atoms. The molecule has 0 radical (unpaired) electrons. The molecule has 0 saturated carbocycles. The average Bonchev–Trinajstić information content (AvgIpc) is 3.25. The molecule has 158 valence electrons. The van der Waals surface area contributed by atoms with E-state index in [1.165, 1.54) is 37.1 Å². The highest BCUT2D eigenvalue weighted by Crippen LogP contribution is 2.29. The van der Waals surface area contributed by atoms with Crippen LogP contribution >= 0.6 is 24.0 Å². The molecule has 0 aromatic heterocycles. The second-order valence-corrected chi connectivity index (χ2v) is 6.92. The minimum atomic E-state index is 0. The molecule has 0 unspecified atom stereocenters. The number of aliphatic imine (C=N–C) groups is 1. The van der Waals surface area contributed by atoms with Gasteiger partial charge in [-0.2, -0.15) is 0 Å². The zero-order chi connectivity index (χ0) is 19.8. The molecule has 0 aliphatic carbocycles. The predicted octanol–water partition coefficient (Wildman–Crippen LogP) is 4.11. The number of hydrogen-bond donors (Lipinski definition) is 2. The first-order valence-corrected chi connectivity index (χ1v) is 9.71. The van der Waals surface area contributed by atoms with Gasteiger partial charge >= 0.3 is 0 Å². The minimum absolute atomic E-state index is 0. The summed E-state index contributed by atoms with van der Waals surface area (Å²) in [6, 6.07) is 14.5. The molecule has 0 atom stereocenters. The van der Waals surface area contributed by atoms with Crippen molar-refractivity contribution in [3.8, 4) is 11.5 Å². The molecule has 0 spiro atoms. The summed E-state index contributed by atoms with van der Waals surface area (Å²) in [4.78, 5) is 6.81. The number of guanidine groups is 1. The predicted molar refractivity (Wildman–Crippen MR) is 130 cm³/mol. The van der Waals surface area contributed by atoms with E-state index in [1.54, 1.807) is 21.3 Å². The van der Waals surface area contributed by atoms with Crippen LogP contribution < -0.4 is 20.1 Å². The monoisotopic (exact) mass is 510 g/mol. The molecule has 1 heterocycles. The lowest BCUT2D eigenvalue weighted by atomic mass is 10.1. The number of nitrogens with zero attached hydrogens (tertiary/aromatic N) is 2. The Morgan fingerprint density at radius 1 is 0.966 bits per heavy atom. The summed E-state index contributed by atoms with van der Waals surface area (Å²) in [5.74, 6) is 2.08. The van der Waals surface area contributed by atoms with E-state index in [1.807, 2.05) is 18.2 Å². The molecule has 2 aromatic rings. The van der Waals surface area contributed by atoms with Crippen LogP contribution in [0.4, 0.5) is 5.69 Å². The van der Waals surface area contributed by atoms with E-state index in [0.29, 0.717) is 24.0 Å². The maximum Gasteiger partial charge on any atom is 0.195 e. The molecule has 6 nitrogen and oxygen atoms in total. The van der Waals surface area contributed by atoms with Crippen molar-refractivity contribution < 1.29 is 9.47 Å². The fourth-order valence-electron chi connectivity index (χ4n) is 3.38. The van der Waals surface area contributed by atoms with Gasteiger partial charge in [0.25, 0.3) is 0 Å². The van der Waals surface area contributed by atoms with Crippen LogP contribution in [0.5, 0.6) is 11.5 Å². The number of ether oxygens (including phenoxy) is 2. The van der Waals surface area contributed by atoms with Crippen molar-refractivity contribution >= 4 is 35.6 Å². The number of benzene rings is 2. The molecule has 1 saturated heterocycles. The van der Waals surface area contributed by atoms with Crippen LogP contribution in [0.15, 0.2) is 47.5 Å². The Labute approximate surface area is 190 Å². The van der Waals surface area contributed by atoms with Crippen molar-refractivity contribution in [2.75, 3.05) is 39.7 Å². The largest absolute Gasteiger partial charge is 0.493 e. The zero-order valence-electron chi connectivity index (χ0n) is 17.4. The topological polar surface area (TPSA) is 58.1 Å². The van der Waals surface area contributed by atoms with Crippen molar-refractivity contribution in [3.05, 3.63) is 53.6 Å². The summed E-state index contributed by atoms with van der Waals surface area (Å²) in [6.07, 6.45) is 2.66. The fourth-order valence-corrected chi connectivity index (χ4v) is 3.38. The van der Waals surface area contributed by atoms with Crippen LogP contribution in [0.25, 0.3) is 0 Å². The number of methoxy groups -OCH3 is 2. The molecule has 2 N–H and O–H groups in total. The molecule has 0 amide bonds. The minimum Gasteiger partial charge on any atom is -0.493 e. The van der Waals surface area contributed by atoms with Gasteiger partial charge in [-0.05, 0) is 49.2 Å². The molecule has 3 rings (SSSR count). The Bertz CT molecular complexity index is 790. The number of likely N-dealkylation sites (tertiary alicyclic amines) is 1. The number of hydrogen-bond acceptors (Lipinski definition) is 4. The summed E-state index contributed by atoms with van der Waals surface area (Å²) >= 11 is 0. The lowest BCUT2D eigenvalue weighted by Crippen LogP contribution is -2.30. The summed E-state index contributed by atoms with van der Waals surface area (Å²) < 4.78 is 10.6. The highest BCUT2D eigenvalue weighted by atomic mass is 127. The lowest BCUT2D eigenvalue weighted by molar-refractivity contribution is 0.331. The van der Waals surface area contributed by atoms with Gasteiger partial charge in [-0.15, -0.1) is 24.0 Å². The van der Waals surface area contributed by atoms with Gasteiger partial charge in [0.1, 0.15) is 0 Å². The molecule has 29 heavy (non-hydrogen) atoms. The highest BCUT2D eigenvalue weighted by Gasteiger charge is 2.11. The van der Waals surface area contributed by atoms with Crippen LogP contribution in [0, 0.1) is 0 Å². The summed E-state index contributed by atoms with van der Waals surface area (Å²) in [7, 11) is 5.01. The summed E-state index contributed by atoms with van der Waals surface area (Å²) in [5.41, 5.74) is 3.48. The third kappa shape index (κ3) is 6.78. The Morgan fingerprint density at radius 3 is 2.24 bits per heavy atom. The van der Waals surface area contributed by atoms with E-state index >= 15 is 0 Å². The Kier molecular flexibility index (Phi) is 9.53. The molecular formula is C22H31IN4O2. The van der Waals surface area contributed by atoms with Gasteiger partial charge in [-0.1, -0.05) is 24.3 Å². The first-order valence-electron chi connectivity index (χ1n) is 9.71. The van der Waals surface area contributed by atoms with Crippen LogP contribution in [-0.4, -0.2) is 45.2 Å². The lowest BCUT2D eigenvalue weighted by Gasteiger charge is -2.16. The standard InChI is InChI=1S/C22H30N4O2.HI/c1-23-22(25-19-10-11-20(27-2)21(14-19)28-3)24-15-17-6-8-18(9-7-17)16-26-12-4-5-13-26;/h6-11,14H,4-5,12-13,15-16H2,1-3H3,(H2,23,24,25);1H. The number of rotatable bonds is 7. The Hall–Kier alpha value is -2.00. The van der Waals surface area contributed by atoms with E-state index < -0.39 is 0 Å². The zero-order valence-corrected chi connectivity index (χ0v) is 19.7. The highest BCUT2D eigenvalue weighted by molar-refractivity contribution is 14.0. The Balaban J connectivity index is 0.00000300. The van der Waals surface area contributed by atoms with E-state index in [-0.39, 0.29) is 24.0 Å². The van der Waals surface area contributed by atoms with E-state index in [4.69, 9.17) is 9.47 Å². The normalized spacial score (nSPS) is 14.2. The van der Waals surface area contributed by atoms with Gasteiger partial charge in [0.2, 0.25) is 0 Å². The second kappa shape index (κ2) is 11.9. The third-order valence-electron chi connectivity index (χ3n) is 4.96. The van der Waals surface area contributed by atoms with Gasteiger partial charge in [-0.3, -0.25) is 9.89 Å². The van der Waals surface area contributed by atoms with E-state index in [0.717, 1.165) is 12.2 Å². The number of anilines is 1. The average molecular weight is 510 g/mol. The maximum atomic E-state index is 5.35. The SMILES string of the molecule is CN=C(NCc1ccc(CN2CCCC2)cc1)Nc1ccc(OC)c(OC)c1.I. The molecular weight excluding hydrogens is 479 g/mol. The second-order valence-electron chi connectivity index (χ2n) is 6.92. The van der Waals surface area contributed by atoms with Crippen molar-refractivity contribution in [3.63, 3.8) is 0 Å². The number of halogens is 1. The summed E-state index contributed by atoms with van der Waals surface area (Å²) in [5, 5.41) is 6.63. The van der Waals surface area contributed by atoms with Crippen molar-refractivity contribution in [2.45, 2.75) is 25.9 Å². The van der Waals surface area contributed by atoms with Gasteiger partial charge in [0.15, 0.2) is 17.5 Å². The van der Waals surface area contributed by atoms with Crippen molar-refractivity contribution in [2.24, 2.45) is 4.99 Å². The van der Waals surface area contributed by atoms with Gasteiger partial charge < -0.3 is 20.1 Å². The summed E-state index contributed by atoms with van der Waals surface area (Å²) in [6.45, 7) is 4.20. The first kappa shape index (κ1) is 23.3. The quantitative estimate of drug-likeness (QED) is 0.334. The third-order valence-corrected chi connectivity index (χ3v) is 4.96. The van der Waals surface area contributed by atoms with Crippen molar-refractivity contribution in [1.82, 2.24) is 10.2 Å². The Morgan fingerprint density at radius 2 is 1.62 bits per heavy atom. The van der Waals surface area contributed by atoms with Gasteiger partial charge in [-0.25, -0.2) is 0 Å². The van der Waals surface area contributed by atoms with Crippen LogP contribution in [0.1, 0.15) is 24.0 Å². The van der Waals surface area contributed by atoms with Crippen LogP contribution in [0.2, 0.25) is 0 Å². The molecule has 7 heteroatoms. The molecule has 1 aliphatic rings. The van der Waals surface area contributed by atoms with Gasteiger partial charge in [0, 0.05) is 31.9 Å². The van der Waals surface area contributed by atoms with Crippen LogP contribution in [0.3, 0.4) is 0 Å². The molecule has 2 aromatic carbocycles. The maximum absolute atomic E-state index is 5.35. The first-order chi connectivity index (χ1) is 13.7. The van der Waals surface area contributed by atoms with E-state index in [9.17, 15) is 0 Å². The molecule has 1 aliphatic heterocycles. The molecule has 1 fully saturated rings. The smallest absolute Gasteiger partial charge is 0.195 e. The van der Waals surface area contributed by atoms with Crippen LogP contribution in [-0.2, 0) is 13.1 Å². The fraction of sp³-hybridized carbons (Fsp3) is 0.409. The number of nitrogens with one attached hydrogen (secondary N) is 2. The van der Waals surface area contributed by atoms with E-state index in [2.05, 4.69) is 44.8 Å². The van der Waals surface area contributed by atoms with Gasteiger partial charge in [0.05, 0.1) is 14.2 Å².